The van der Waals surface area contributed by atoms with Gasteiger partial charge in [0.1, 0.15) is 11.5 Å². The van der Waals surface area contributed by atoms with Crippen molar-refractivity contribution >= 4 is 16.7 Å². The van der Waals surface area contributed by atoms with Crippen molar-refractivity contribution in [1.82, 2.24) is 4.57 Å². The van der Waals surface area contributed by atoms with Crippen molar-refractivity contribution in [2.24, 2.45) is 0 Å². The van der Waals surface area contributed by atoms with Crippen LogP contribution >= 0.6 is 0 Å². The van der Waals surface area contributed by atoms with E-state index in [9.17, 15) is 19.1 Å². The Balaban J connectivity index is 2.20. The summed E-state index contributed by atoms with van der Waals surface area (Å²) < 4.78 is 14.2. The summed E-state index contributed by atoms with van der Waals surface area (Å²) >= 11 is 0. The summed E-state index contributed by atoms with van der Waals surface area (Å²) in [6.07, 6.45) is 0. The predicted molar refractivity (Wildman–Crippen MR) is 80.7 cm³/mol. The van der Waals surface area contributed by atoms with E-state index in [4.69, 9.17) is 0 Å². The Bertz CT molecular complexity index is 913. The second kappa shape index (κ2) is 5.44. The van der Waals surface area contributed by atoms with Gasteiger partial charge >= 0.3 is 5.97 Å². The van der Waals surface area contributed by atoms with Crippen molar-refractivity contribution in [2.45, 2.75) is 6.54 Å². The summed E-state index contributed by atoms with van der Waals surface area (Å²) in [5.74, 6) is -1.56. The molecule has 0 spiro atoms. The van der Waals surface area contributed by atoms with Gasteiger partial charge in [-0.15, -0.1) is 0 Å². The third kappa shape index (κ3) is 2.48. The molecule has 110 valence electrons. The molecule has 0 aliphatic heterocycles. The van der Waals surface area contributed by atoms with Crippen molar-refractivity contribution in [3.05, 3.63) is 82.0 Å². The Hall–Kier alpha value is -2.95. The van der Waals surface area contributed by atoms with E-state index in [2.05, 4.69) is 0 Å². The second-order valence-corrected chi connectivity index (χ2v) is 4.94. The standard InChI is InChI=1S/C17H12FNO3/c18-13-7-5-11(6-8-13)10-19-15(17(21)22)9-12-3-1-2-4-14(12)16(19)20/h1-9H,10H2,(H,21,22). The molecular formula is C17H12FNO3. The van der Waals surface area contributed by atoms with Crippen LogP contribution in [0.3, 0.4) is 0 Å². The average molecular weight is 297 g/mol. The highest BCUT2D eigenvalue weighted by molar-refractivity contribution is 5.92. The molecule has 0 aliphatic rings. The zero-order valence-corrected chi connectivity index (χ0v) is 11.5. The van der Waals surface area contributed by atoms with Crippen LogP contribution in [0.2, 0.25) is 0 Å². The molecule has 1 N–H and O–H groups in total. The molecule has 0 saturated carbocycles. The number of halogens is 1. The van der Waals surface area contributed by atoms with Crippen LogP contribution in [0, 0.1) is 5.82 Å². The number of fused-ring (bicyclic) bond motifs is 1. The first-order valence-electron chi connectivity index (χ1n) is 6.66. The molecule has 0 aliphatic carbocycles. The molecule has 0 fully saturated rings. The number of hydrogen-bond acceptors (Lipinski definition) is 2. The largest absolute Gasteiger partial charge is 0.477 e. The zero-order valence-electron chi connectivity index (χ0n) is 11.5. The van der Waals surface area contributed by atoms with Crippen molar-refractivity contribution < 1.29 is 14.3 Å². The number of carboxylic acid groups (broad SMARTS) is 1. The summed E-state index contributed by atoms with van der Waals surface area (Å²) in [7, 11) is 0. The number of aromatic nitrogens is 1. The monoisotopic (exact) mass is 297 g/mol. The van der Waals surface area contributed by atoms with E-state index in [1.54, 1.807) is 24.3 Å². The molecule has 3 aromatic rings. The Kier molecular flexibility index (Phi) is 3.47. The van der Waals surface area contributed by atoms with E-state index in [-0.39, 0.29) is 23.6 Å². The summed E-state index contributed by atoms with van der Waals surface area (Å²) in [6.45, 7) is 0.0750. The summed E-state index contributed by atoms with van der Waals surface area (Å²) in [4.78, 5) is 24.0. The number of carboxylic acids is 1. The number of rotatable bonds is 3. The molecule has 0 bridgehead atoms. The SMILES string of the molecule is O=C(O)c1cc2ccccc2c(=O)n1Cc1ccc(F)cc1. The fourth-order valence-electron chi connectivity index (χ4n) is 2.40. The van der Waals surface area contributed by atoms with Gasteiger partial charge in [-0.05, 0) is 35.2 Å². The second-order valence-electron chi connectivity index (χ2n) is 4.94. The molecule has 0 atom stereocenters. The molecular weight excluding hydrogens is 285 g/mol. The summed E-state index contributed by atoms with van der Waals surface area (Å²) in [5, 5.41) is 10.4. The van der Waals surface area contributed by atoms with Gasteiger partial charge in [0.2, 0.25) is 0 Å². The number of benzene rings is 2. The minimum atomic E-state index is -1.18. The van der Waals surface area contributed by atoms with Crippen LogP contribution < -0.4 is 5.56 Å². The Morgan fingerprint density at radius 3 is 2.45 bits per heavy atom. The lowest BCUT2D eigenvalue weighted by Gasteiger charge is -2.12. The highest BCUT2D eigenvalue weighted by Gasteiger charge is 2.14. The van der Waals surface area contributed by atoms with Gasteiger partial charge in [-0.3, -0.25) is 9.36 Å². The first-order valence-corrected chi connectivity index (χ1v) is 6.66. The molecule has 1 aromatic heterocycles. The lowest BCUT2D eigenvalue weighted by atomic mass is 10.1. The van der Waals surface area contributed by atoms with Crippen molar-refractivity contribution in [2.75, 3.05) is 0 Å². The molecule has 4 nitrogen and oxygen atoms in total. The van der Waals surface area contributed by atoms with Crippen LogP contribution in [-0.4, -0.2) is 15.6 Å². The molecule has 22 heavy (non-hydrogen) atoms. The molecule has 0 amide bonds. The maximum absolute atomic E-state index is 13.0. The van der Waals surface area contributed by atoms with E-state index in [1.807, 2.05) is 0 Å². The smallest absolute Gasteiger partial charge is 0.352 e. The van der Waals surface area contributed by atoms with E-state index in [0.29, 0.717) is 16.3 Å². The van der Waals surface area contributed by atoms with Crippen LogP contribution in [0.5, 0.6) is 0 Å². The van der Waals surface area contributed by atoms with Gasteiger partial charge < -0.3 is 5.11 Å². The van der Waals surface area contributed by atoms with Gasteiger partial charge in [0.25, 0.3) is 5.56 Å². The van der Waals surface area contributed by atoms with Gasteiger partial charge in [0.15, 0.2) is 0 Å². The van der Waals surface area contributed by atoms with Gasteiger partial charge in [0.05, 0.1) is 6.54 Å². The maximum atomic E-state index is 13.0. The van der Waals surface area contributed by atoms with Gasteiger partial charge in [-0.2, -0.15) is 0 Å². The molecule has 5 heteroatoms. The quantitative estimate of drug-likeness (QED) is 0.808. The third-order valence-corrected chi connectivity index (χ3v) is 3.49. The maximum Gasteiger partial charge on any atom is 0.352 e. The number of pyridine rings is 1. The lowest BCUT2D eigenvalue weighted by molar-refractivity contribution is 0.0684. The van der Waals surface area contributed by atoms with Gasteiger partial charge in [-0.25, -0.2) is 9.18 Å². The predicted octanol–water partition coefficient (Wildman–Crippen LogP) is 2.89. The molecule has 3 rings (SSSR count). The fourth-order valence-corrected chi connectivity index (χ4v) is 2.40. The molecule has 1 heterocycles. The van der Waals surface area contributed by atoms with E-state index >= 15 is 0 Å². The van der Waals surface area contributed by atoms with E-state index < -0.39 is 5.97 Å². The average Bonchev–Trinajstić information content (AvgIpc) is 2.51. The fraction of sp³-hybridized carbons (Fsp3) is 0.0588. The highest BCUT2D eigenvalue weighted by atomic mass is 19.1. The topological polar surface area (TPSA) is 59.3 Å². The summed E-state index contributed by atoms with van der Waals surface area (Å²) in [5.41, 5.74) is 0.189. The molecule has 0 unspecified atom stereocenters. The van der Waals surface area contributed by atoms with Crippen LogP contribution in [0.25, 0.3) is 10.8 Å². The number of nitrogens with zero attached hydrogens (tertiary/aromatic N) is 1. The Morgan fingerprint density at radius 1 is 1.09 bits per heavy atom. The van der Waals surface area contributed by atoms with Gasteiger partial charge in [0, 0.05) is 5.39 Å². The highest BCUT2D eigenvalue weighted by Crippen LogP contribution is 2.14. The van der Waals surface area contributed by atoms with Crippen molar-refractivity contribution in [1.29, 1.82) is 0 Å². The normalized spacial score (nSPS) is 10.8. The van der Waals surface area contributed by atoms with Crippen LogP contribution in [0.15, 0.2) is 59.4 Å². The van der Waals surface area contributed by atoms with Gasteiger partial charge in [-0.1, -0.05) is 30.3 Å². The Labute approximate surface area is 125 Å². The molecule has 2 aromatic carbocycles. The Morgan fingerprint density at radius 2 is 1.77 bits per heavy atom. The van der Waals surface area contributed by atoms with Crippen LogP contribution in [-0.2, 0) is 6.54 Å². The molecule has 0 saturated heterocycles. The summed E-state index contributed by atoms with van der Waals surface area (Å²) in [6, 6.07) is 13.9. The third-order valence-electron chi connectivity index (χ3n) is 3.49. The minimum absolute atomic E-state index is 0.0750. The van der Waals surface area contributed by atoms with Crippen molar-refractivity contribution in [3.8, 4) is 0 Å². The minimum Gasteiger partial charge on any atom is -0.477 e. The lowest BCUT2D eigenvalue weighted by Crippen LogP contribution is -2.26. The number of aromatic carboxylic acids is 1. The number of carbonyl (C=O) groups is 1. The number of hydrogen-bond donors (Lipinski definition) is 1. The van der Waals surface area contributed by atoms with Crippen LogP contribution in [0.1, 0.15) is 16.1 Å². The van der Waals surface area contributed by atoms with E-state index in [0.717, 1.165) is 0 Å². The van der Waals surface area contributed by atoms with Crippen LogP contribution in [0.4, 0.5) is 4.39 Å². The first kappa shape index (κ1) is 14.0. The van der Waals surface area contributed by atoms with Crippen molar-refractivity contribution in [3.63, 3.8) is 0 Å². The molecule has 0 radical (unpaired) electrons. The first-order chi connectivity index (χ1) is 10.6. The zero-order chi connectivity index (χ0) is 15.7. The van der Waals surface area contributed by atoms with E-state index in [1.165, 1.54) is 34.9 Å².